The van der Waals surface area contributed by atoms with Gasteiger partial charge < -0.3 is 10.5 Å². The monoisotopic (exact) mass is 292 g/mol. The Morgan fingerprint density at radius 2 is 2.21 bits per heavy atom. The Balaban J connectivity index is 0.00000324. The molecule has 19 heavy (non-hydrogen) atoms. The van der Waals surface area contributed by atoms with Crippen LogP contribution in [0.4, 0.5) is 10.1 Å². The number of halogens is 2. The van der Waals surface area contributed by atoms with Crippen LogP contribution in [-0.2, 0) is 9.53 Å². The molecule has 0 amide bonds. The number of nitrogens with zero attached hydrogens (tertiary/aromatic N) is 1. The van der Waals surface area contributed by atoms with Crippen molar-refractivity contribution in [1.29, 1.82) is 0 Å². The maximum absolute atomic E-state index is 13.1. The van der Waals surface area contributed by atoms with Gasteiger partial charge in [-0.05, 0) is 18.6 Å². The molecule has 0 aliphatic heterocycles. The summed E-state index contributed by atoms with van der Waals surface area (Å²) in [5.74, 6) is -1.44. The molecule has 2 N–H and O–H groups in total. The van der Waals surface area contributed by atoms with Crippen LogP contribution >= 0.6 is 12.4 Å². The van der Waals surface area contributed by atoms with Gasteiger partial charge >= 0.3 is 11.7 Å². The number of carbonyl (C=O) groups is 1. The molecule has 0 heterocycles. The highest BCUT2D eigenvalue weighted by atomic mass is 35.5. The normalized spacial score (nSPS) is 11.3. The van der Waals surface area contributed by atoms with Crippen molar-refractivity contribution >= 4 is 24.1 Å². The lowest BCUT2D eigenvalue weighted by Gasteiger charge is -2.11. The fourth-order valence-corrected chi connectivity index (χ4v) is 1.42. The van der Waals surface area contributed by atoms with Crippen LogP contribution in [0, 0.1) is 15.9 Å². The standard InChI is InChI=1S/C11H13FN2O4.ClH/c1-2-18-11(15)6-9(13)7-3-4-8(12)10(5-7)14(16)17;/h3-5,9H,2,6,13H2,1H3;1H/t9-;/m0./s1. The molecule has 1 aromatic carbocycles. The number of esters is 1. The summed E-state index contributed by atoms with van der Waals surface area (Å²) in [5, 5.41) is 10.6. The van der Waals surface area contributed by atoms with Crippen molar-refractivity contribution in [2.24, 2.45) is 5.73 Å². The van der Waals surface area contributed by atoms with E-state index in [9.17, 15) is 19.3 Å². The Morgan fingerprint density at radius 1 is 1.58 bits per heavy atom. The first-order chi connectivity index (χ1) is 8.45. The maximum atomic E-state index is 13.1. The van der Waals surface area contributed by atoms with Gasteiger partial charge in [0.15, 0.2) is 0 Å². The van der Waals surface area contributed by atoms with E-state index in [0.717, 1.165) is 12.1 Å². The molecular weight excluding hydrogens is 279 g/mol. The van der Waals surface area contributed by atoms with E-state index in [1.165, 1.54) is 6.07 Å². The zero-order valence-electron chi connectivity index (χ0n) is 10.2. The Morgan fingerprint density at radius 3 is 2.74 bits per heavy atom. The van der Waals surface area contributed by atoms with Crippen molar-refractivity contribution in [2.75, 3.05) is 6.61 Å². The van der Waals surface area contributed by atoms with Crippen molar-refractivity contribution in [3.05, 3.63) is 39.7 Å². The fourth-order valence-electron chi connectivity index (χ4n) is 1.42. The summed E-state index contributed by atoms with van der Waals surface area (Å²) in [5.41, 5.74) is 5.35. The highest BCUT2D eigenvalue weighted by Crippen LogP contribution is 2.23. The first-order valence-corrected chi connectivity index (χ1v) is 5.30. The zero-order valence-corrected chi connectivity index (χ0v) is 11.0. The van der Waals surface area contributed by atoms with Crippen molar-refractivity contribution < 1.29 is 18.8 Å². The number of nitro groups is 1. The average Bonchev–Trinajstić information content (AvgIpc) is 2.29. The summed E-state index contributed by atoms with van der Waals surface area (Å²) >= 11 is 0. The molecule has 0 aliphatic carbocycles. The van der Waals surface area contributed by atoms with E-state index in [0.29, 0.717) is 5.56 Å². The van der Waals surface area contributed by atoms with Gasteiger partial charge in [0.05, 0.1) is 18.0 Å². The predicted octanol–water partition coefficient (Wildman–Crippen LogP) is 2.11. The topological polar surface area (TPSA) is 95.5 Å². The molecule has 0 saturated carbocycles. The molecule has 0 spiro atoms. The van der Waals surface area contributed by atoms with Crippen LogP contribution < -0.4 is 5.73 Å². The smallest absolute Gasteiger partial charge is 0.307 e. The number of carbonyl (C=O) groups excluding carboxylic acids is 1. The van der Waals surface area contributed by atoms with E-state index in [1.54, 1.807) is 6.92 Å². The molecule has 8 heteroatoms. The van der Waals surface area contributed by atoms with E-state index >= 15 is 0 Å². The number of ether oxygens (including phenoxy) is 1. The van der Waals surface area contributed by atoms with Gasteiger partial charge in [0.25, 0.3) is 0 Å². The number of nitro benzene ring substituents is 1. The second-order valence-corrected chi connectivity index (χ2v) is 3.58. The minimum Gasteiger partial charge on any atom is -0.466 e. The van der Waals surface area contributed by atoms with Crippen LogP contribution in [0.3, 0.4) is 0 Å². The van der Waals surface area contributed by atoms with E-state index in [1.807, 2.05) is 0 Å². The molecule has 0 aliphatic rings. The molecule has 0 aromatic heterocycles. The van der Waals surface area contributed by atoms with Crippen molar-refractivity contribution in [3.63, 3.8) is 0 Å². The number of nitrogens with two attached hydrogens (primary N) is 1. The van der Waals surface area contributed by atoms with Gasteiger partial charge in [-0.15, -0.1) is 12.4 Å². The Labute approximate surface area is 115 Å². The summed E-state index contributed by atoms with van der Waals surface area (Å²) < 4.78 is 17.8. The number of rotatable bonds is 5. The van der Waals surface area contributed by atoms with Crippen LogP contribution in [0.2, 0.25) is 0 Å². The van der Waals surface area contributed by atoms with E-state index in [4.69, 9.17) is 10.5 Å². The van der Waals surface area contributed by atoms with Crippen molar-refractivity contribution in [3.8, 4) is 0 Å². The molecule has 0 unspecified atom stereocenters. The maximum Gasteiger partial charge on any atom is 0.307 e. The lowest BCUT2D eigenvalue weighted by molar-refractivity contribution is -0.387. The molecule has 1 rings (SSSR count). The number of hydrogen-bond donors (Lipinski definition) is 1. The molecule has 0 radical (unpaired) electrons. The lowest BCUT2D eigenvalue weighted by Crippen LogP contribution is -2.17. The number of benzene rings is 1. The summed E-state index contributed by atoms with van der Waals surface area (Å²) in [6.07, 6.45) is -0.114. The van der Waals surface area contributed by atoms with Crippen molar-refractivity contribution in [1.82, 2.24) is 0 Å². The Hall–Kier alpha value is -1.73. The third kappa shape index (κ3) is 4.80. The first-order valence-electron chi connectivity index (χ1n) is 5.30. The molecule has 1 aromatic rings. The summed E-state index contributed by atoms with van der Waals surface area (Å²) in [7, 11) is 0. The summed E-state index contributed by atoms with van der Waals surface area (Å²) in [4.78, 5) is 20.9. The first kappa shape index (κ1) is 17.3. The number of hydrogen-bond acceptors (Lipinski definition) is 5. The SMILES string of the molecule is CCOC(=O)C[C@H](N)c1ccc(F)c([N+](=O)[O-])c1.Cl. The molecule has 1 atom stereocenters. The minimum absolute atomic E-state index is 0. The van der Waals surface area contributed by atoms with Crippen molar-refractivity contribution in [2.45, 2.75) is 19.4 Å². The minimum atomic E-state index is -0.938. The van der Waals surface area contributed by atoms with Crippen LogP contribution in [0.1, 0.15) is 24.9 Å². The molecular formula is C11H14ClFN2O4. The molecule has 0 bridgehead atoms. The van der Waals surface area contributed by atoms with Crippen LogP contribution in [-0.4, -0.2) is 17.5 Å². The van der Waals surface area contributed by atoms with E-state index < -0.39 is 28.4 Å². The summed E-state index contributed by atoms with van der Waals surface area (Å²) in [6.45, 7) is 1.89. The zero-order chi connectivity index (χ0) is 13.7. The largest absolute Gasteiger partial charge is 0.466 e. The third-order valence-electron chi connectivity index (χ3n) is 2.29. The van der Waals surface area contributed by atoms with Gasteiger partial charge in [0.1, 0.15) is 0 Å². The third-order valence-corrected chi connectivity index (χ3v) is 2.29. The van der Waals surface area contributed by atoms with Gasteiger partial charge in [-0.2, -0.15) is 4.39 Å². The van der Waals surface area contributed by atoms with Crippen LogP contribution in [0.15, 0.2) is 18.2 Å². The van der Waals surface area contributed by atoms with Gasteiger partial charge in [-0.25, -0.2) is 0 Å². The van der Waals surface area contributed by atoms with Gasteiger partial charge in [0.2, 0.25) is 5.82 Å². The van der Waals surface area contributed by atoms with Crippen LogP contribution in [0.5, 0.6) is 0 Å². The lowest BCUT2D eigenvalue weighted by atomic mass is 10.0. The second kappa shape index (κ2) is 7.65. The van der Waals surface area contributed by atoms with Gasteiger partial charge in [-0.3, -0.25) is 14.9 Å². The van der Waals surface area contributed by atoms with Gasteiger partial charge in [0, 0.05) is 12.1 Å². The quantitative estimate of drug-likeness (QED) is 0.509. The molecule has 106 valence electrons. The Kier molecular flexibility index (Phi) is 6.95. The highest BCUT2D eigenvalue weighted by molar-refractivity contribution is 5.85. The predicted molar refractivity (Wildman–Crippen MR) is 68.5 cm³/mol. The average molecular weight is 293 g/mol. The Bertz CT molecular complexity index is 470. The van der Waals surface area contributed by atoms with E-state index in [-0.39, 0.29) is 25.4 Å². The van der Waals surface area contributed by atoms with E-state index in [2.05, 4.69) is 0 Å². The summed E-state index contributed by atoms with van der Waals surface area (Å²) in [6, 6.07) is 2.53. The van der Waals surface area contributed by atoms with Crippen LogP contribution in [0.25, 0.3) is 0 Å². The second-order valence-electron chi connectivity index (χ2n) is 3.58. The fraction of sp³-hybridized carbons (Fsp3) is 0.364. The molecule has 0 saturated heterocycles. The molecule has 6 nitrogen and oxygen atoms in total. The van der Waals surface area contributed by atoms with Gasteiger partial charge in [-0.1, -0.05) is 6.07 Å². The highest BCUT2D eigenvalue weighted by Gasteiger charge is 2.19. The molecule has 0 fully saturated rings.